The van der Waals surface area contributed by atoms with Crippen molar-refractivity contribution in [3.8, 4) is 0 Å². The Morgan fingerprint density at radius 1 is 1.15 bits per heavy atom. The van der Waals surface area contributed by atoms with Gasteiger partial charge in [0, 0.05) is 19.2 Å². The molecule has 1 aromatic carbocycles. The fraction of sp³-hybridized carbons (Fsp3) is 0.200. The Morgan fingerprint density at radius 3 is 2.90 bits per heavy atom. The highest BCUT2D eigenvalue weighted by molar-refractivity contribution is 5.73. The lowest BCUT2D eigenvalue weighted by Crippen LogP contribution is -2.07. The number of fused-ring (bicyclic) bond motifs is 2. The van der Waals surface area contributed by atoms with E-state index in [1.807, 2.05) is 25.2 Å². The van der Waals surface area contributed by atoms with Crippen LogP contribution in [0, 0.1) is 0 Å². The van der Waals surface area contributed by atoms with Crippen LogP contribution in [0.1, 0.15) is 17.4 Å². The third kappa shape index (κ3) is 1.71. The molecule has 2 aromatic heterocycles. The summed E-state index contributed by atoms with van der Waals surface area (Å²) in [6.45, 7) is 0. The Bertz CT molecular complexity index is 752. The van der Waals surface area contributed by atoms with Gasteiger partial charge in [-0.05, 0) is 23.8 Å². The summed E-state index contributed by atoms with van der Waals surface area (Å²) in [5.74, 6) is 1.77. The van der Waals surface area contributed by atoms with E-state index in [1.165, 1.54) is 11.3 Å². The quantitative estimate of drug-likeness (QED) is 0.666. The van der Waals surface area contributed by atoms with Gasteiger partial charge in [-0.2, -0.15) is 0 Å². The second kappa shape index (κ2) is 4.23. The normalized spacial score (nSPS) is 16.9. The zero-order valence-electron chi connectivity index (χ0n) is 11.1. The fourth-order valence-corrected chi connectivity index (χ4v) is 2.68. The number of aromatic amines is 1. The van der Waals surface area contributed by atoms with E-state index in [4.69, 9.17) is 0 Å². The van der Waals surface area contributed by atoms with Crippen LogP contribution < -0.4 is 10.6 Å². The number of nitrogens with zero attached hydrogens (tertiary/aromatic N) is 2. The molecule has 3 N–H and O–H groups in total. The summed E-state index contributed by atoms with van der Waals surface area (Å²) in [5.41, 5.74) is 4.25. The number of H-pyrrole nitrogens is 1. The van der Waals surface area contributed by atoms with Gasteiger partial charge >= 0.3 is 0 Å². The molecule has 1 atom stereocenters. The molecule has 100 valence electrons. The topological polar surface area (TPSA) is 65.6 Å². The first kappa shape index (κ1) is 11.3. The Morgan fingerprint density at radius 2 is 2.05 bits per heavy atom. The van der Waals surface area contributed by atoms with Gasteiger partial charge in [-0.1, -0.05) is 18.2 Å². The molecule has 0 amide bonds. The van der Waals surface area contributed by atoms with Crippen molar-refractivity contribution in [2.75, 3.05) is 17.7 Å². The average molecular weight is 265 g/mol. The van der Waals surface area contributed by atoms with Crippen LogP contribution in [0.4, 0.5) is 11.5 Å². The summed E-state index contributed by atoms with van der Waals surface area (Å²) in [6.07, 6.45) is 0.953. The van der Waals surface area contributed by atoms with Gasteiger partial charge in [0.25, 0.3) is 0 Å². The molecule has 0 radical (unpaired) electrons. The Kier molecular flexibility index (Phi) is 2.39. The first-order chi connectivity index (χ1) is 9.83. The van der Waals surface area contributed by atoms with Crippen molar-refractivity contribution in [2.24, 2.45) is 0 Å². The van der Waals surface area contributed by atoms with Gasteiger partial charge in [0.2, 0.25) is 0 Å². The zero-order valence-corrected chi connectivity index (χ0v) is 11.1. The van der Waals surface area contributed by atoms with Crippen LogP contribution in [-0.2, 0) is 6.42 Å². The minimum atomic E-state index is 0.194. The van der Waals surface area contributed by atoms with Gasteiger partial charge in [0.05, 0.1) is 11.6 Å². The van der Waals surface area contributed by atoms with Crippen molar-refractivity contribution in [1.82, 2.24) is 15.0 Å². The minimum Gasteiger partial charge on any atom is -0.375 e. The van der Waals surface area contributed by atoms with Crippen LogP contribution in [0.5, 0.6) is 0 Å². The maximum absolute atomic E-state index is 4.62. The molecule has 3 aromatic rings. The van der Waals surface area contributed by atoms with Gasteiger partial charge in [0.1, 0.15) is 11.6 Å². The van der Waals surface area contributed by atoms with Crippen LogP contribution in [-0.4, -0.2) is 22.0 Å². The number of imidazole rings is 1. The average Bonchev–Trinajstić information content (AvgIpc) is 3.09. The van der Waals surface area contributed by atoms with E-state index in [-0.39, 0.29) is 6.04 Å². The van der Waals surface area contributed by atoms with E-state index in [9.17, 15) is 0 Å². The smallest absolute Gasteiger partial charge is 0.179 e. The Balaban J connectivity index is 1.70. The molecular formula is C15H15N5. The first-order valence-electron chi connectivity index (χ1n) is 6.72. The number of aromatic nitrogens is 3. The molecule has 0 spiro atoms. The van der Waals surface area contributed by atoms with Crippen LogP contribution in [0.3, 0.4) is 0 Å². The minimum absolute atomic E-state index is 0.194. The molecular weight excluding hydrogens is 250 g/mol. The van der Waals surface area contributed by atoms with Gasteiger partial charge in [-0.15, -0.1) is 0 Å². The number of nitrogens with one attached hydrogen (secondary N) is 3. The van der Waals surface area contributed by atoms with E-state index < -0.39 is 0 Å². The molecule has 4 rings (SSSR count). The molecule has 1 aliphatic rings. The summed E-state index contributed by atoms with van der Waals surface area (Å²) < 4.78 is 0. The van der Waals surface area contributed by atoms with E-state index in [0.717, 1.165) is 29.2 Å². The lowest BCUT2D eigenvalue weighted by Gasteiger charge is -2.06. The number of hydrogen-bond acceptors (Lipinski definition) is 4. The van der Waals surface area contributed by atoms with E-state index in [2.05, 4.69) is 43.8 Å². The van der Waals surface area contributed by atoms with E-state index in [1.54, 1.807) is 0 Å². The molecule has 0 aliphatic carbocycles. The molecule has 1 aliphatic heterocycles. The number of anilines is 2. The number of para-hydroxylation sites is 1. The van der Waals surface area contributed by atoms with Crippen molar-refractivity contribution in [3.63, 3.8) is 0 Å². The summed E-state index contributed by atoms with van der Waals surface area (Å²) in [5, 5.41) is 6.53. The fourth-order valence-electron chi connectivity index (χ4n) is 2.68. The van der Waals surface area contributed by atoms with Gasteiger partial charge in [-0.3, -0.25) is 0 Å². The monoisotopic (exact) mass is 265 g/mol. The first-order valence-corrected chi connectivity index (χ1v) is 6.72. The van der Waals surface area contributed by atoms with Gasteiger partial charge in [0.15, 0.2) is 5.65 Å². The molecule has 0 saturated heterocycles. The van der Waals surface area contributed by atoms with Crippen LogP contribution in [0.15, 0.2) is 36.4 Å². The number of pyridine rings is 1. The molecule has 0 bridgehead atoms. The van der Waals surface area contributed by atoms with Gasteiger partial charge < -0.3 is 15.6 Å². The predicted octanol–water partition coefficient (Wildman–Crippen LogP) is 2.71. The zero-order chi connectivity index (χ0) is 13.5. The highest BCUT2D eigenvalue weighted by Crippen LogP contribution is 2.33. The maximum atomic E-state index is 4.62. The largest absolute Gasteiger partial charge is 0.375 e. The second-order valence-electron chi connectivity index (χ2n) is 5.00. The molecule has 5 heteroatoms. The summed E-state index contributed by atoms with van der Waals surface area (Å²) in [4.78, 5) is 12.4. The third-order valence-electron chi connectivity index (χ3n) is 3.72. The number of benzene rings is 1. The van der Waals surface area contributed by atoms with Crippen LogP contribution in [0.25, 0.3) is 11.2 Å². The van der Waals surface area contributed by atoms with Crippen molar-refractivity contribution in [2.45, 2.75) is 12.5 Å². The number of hydrogen-bond donors (Lipinski definition) is 3. The summed E-state index contributed by atoms with van der Waals surface area (Å²) in [7, 11) is 1.86. The molecule has 0 saturated carbocycles. The second-order valence-corrected chi connectivity index (χ2v) is 5.00. The lowest BCUT2D eigenvalue weighted by molar-refractivity contribution is 0.767. The van der Waals surface area contributed by atoms with E-state index in [0.29, 0.717) is 0 Å². The summed E-state index contributed by atoms with van der Waals surface area (Å²) in [6, 6.07) is 12.5. The highest BCUT2D eigenvalue weighted by Gasteiger charge is 2.24. The maximum Gasteiger partial charge on any atom is 0.179 e. The molecule has 0 fully saturated rings. The number of rotatable bonds is 2. The lowest BCUT2D eigenvalue weighted by atomic mass is 10.1. The molecule has 20 heavy (non-hydrogen) atoms. The molecule has 5 nitrogen and oxygen atoms in total. The van der Waals surface area contributed by atoms with Crippen molar-refractivity contribution in [3.05, 3.63) is 47.8 Å². The Hall–Kier alpha value is -2.56. The third-order valence-corrected chi connectivity index (χ3v) is 3.72. The van der Waals surface area contributed by atoms with Crippen molar-refractivity contribution in [1.29, 1.82) is 0 Å². The van der Waals surface area contributed by atoms with Crippen molar-refractivity contribution < 1.29 is 0 Å². The predicted molar refractivity (Wildman–Crippen MR) is 79.9 cm³/mol. The summed E-state index contributed by atoms with van der Waals surface area (Å²) >= 11 is 0. The molecule has 3 heterocycles. The van der Waals surface area contributed by atoms with E-state index >= 15 is 0 Å². The van der Waals surface area contributed by atoms with Crippen molar-refractivity contribution >= 4 is 22.7 Å². The Labute approximate surface area is 116 Å². The van der Waals surface area contributed by atoms with Gasteiger partial charge in [-0.25, -0.2) is 9.97 Å². The SMILES string of the molecule is CNc1ccc2[nH]c(C3Cc4ccccc4N3)nc2n1. The van der Waals surface area contributed by atoms with Crippen LogP contribution >= 0.6 is 0 Å². The standard InChI is InChI=1S/C15H15N5/c1-16-13-7-6-11-14(19-13)20-15(18-11)12-8-9-4-2-3-5-10(9)17-12/h2-7,12,17H,8H2,1H3,(H2,16,18,19,20). The molecule has 1 unspecified atom stereocenters. The van der Waals surface area contributed by atoms with Crippen LogP contribution in [0.2, 0.25) is 0 Å². The highest BCUT2D eigenvalue weighted by atomic mass is 15.1.